The van der Waals surface area contributed by atoms with Crippen LogP contribution in [0.25, 0.3) is 5.88 Å². The van der Waals surface area contributed by atoms with E-state index in [9.17, 15) is 14.9 Å². The molecule has 3 aromatic rings. The molecule has 8 nitrogen and oxygen atoms in total. The maximum atomic E-state index is 12.6. The van der Waals surface area contributed by atoms with Crippen LogP contribution in [0.4, 0.5) is 0 Å². The third-order valence-corrected chi connectivity index (χ3v) is 4.57. The fraction of sp³-hybridized carbons (Fsp3) is 0.227. The molecule has 30 heavy (non-hydrogen) atoms. The van der Waals surface area contributed by atoms with Gasteiger partial charge in [-0.15, -0.1) is 0 Å². The zero-order valence-electron chi connectivity index (χ0n) is 16.9. The molecule has 1 amide bonds. The lowest BCUT2D eigenvalue weighted by molar-refractivity contribution is -0.133. The molecule has 3 rings (SSSR count). The molecule has 0 bridgehead atoms. The van der Waals surface area contributed by atoms with Gasteiger partial charge in [0.1, 0.15) is 28.7 Å². The molecule has 1 aromatic carbocycles. The Morgan fingerprint density at radius 2 is 1.90 bits per heavy atom. The summed E-state index contributed by atoms with van der Waals surface area (Å²) in [5, 5.41) is 9.52. The van der Waals surface area contributed by atoms with Gasteiger partial charge in [0, 0.05) is 31.5 Å². The van der Waals surface area contributed by atoms with Crippen LogP contribution in [0.5, 0.6) is 5.75 Å². The first-order chi connectivity index (χ1) is 14.5. The number of para-hydroxylation sites is 1. The summed E-state index contributed by atoms with van der Waals surface area (Å²) >= 11 is 0. The summed E-state index contributed by atoms with van der Waals surface area (Å²) in [5.41, 5.74) is 0.904. The normalized spacial score (nSPS) is 10.3. The molecular weight excluding hydrogens is 386 g/mol. The maximum Gasteiger partial charge on any atom is 0.343 e. The topological polar surface area (TPSA) is 97.7 Å². The summed E-state index contributed by atoms with van der Waals surface area (Å²) in [4.78, 5) is 26.4. The number of aryl methyl sites for hydroxylation is 1. The van der Waals surface area contributed by atoms with Crippen LogP contribution < -0.4 is 4.74 Å². The zero-order chi connectivity index (χ0) is 21.7. The number of aromatic nitrogens is 1. The van der Waals surface area contributed by atoms with E-state index in [1.807, 2.05) is 24.3 Å². The number of nitriles is 1. The number of rotatable bonds is 7. The highest BCUT2D eigenvalue weighted by Gasteiger charge is 2.26. The number of hydrogen-bond donors (Lipinski definition) is 0. The summed E-state index contributed by atoms with van der Waals surface area (Å²) in [6.07, 6.45) is 3.40. The molecule has 0 spiro atoms. The van der Waals surface area contributed by atoms with Crippen molar-refractivity contribution in [3.8, 4) is 17.7 Å². The van der Waals surface area contributed by atoms with Crippen molar-refractivity contribution in [3.63, 3.8) is 0 Å². The standard InChI is InChI=1S/C22H21N3O5/c1-15-20(17(12-23)21(30-15)25-10-6-7-11-25)22(27)29-14-19(26)24(2)13-16-8-4-5-9-18(16)28-3/h4-11H,13-14H2,1-3H3. The lowest BCUT2D eigenvalue weighted by atomic mass is 10.1. The second kappa shape index (κ2) is 9.01. The predicted molar refractivity (Wildman–Crippen MR) is 107 cm³/mol. The van der Waals surface area contributed by atoms with E-state index in [4.69, 9.17) is 13.9 Å². The second-order valence-electron chi connectivity index (χ2n) is 6.55. The SMILES string of the molecule is COc1ccccc1CN(C)C(=O)COC(=O)c1c(C)oc(-n2cccc2)c1C#N. The van der Waals surface area contributed by atoms with Crippen molar-refractivity contribution in [1.82, 2.24) is 9.47 Å². The Balaban J connectivity index is 1.68. The van der Waals surface area contributed by atoms with Crippen LogP contribution in [-0.2, 0) is 16.1 Å². The van der Waals surface area contributed by atoms with Gasteiger partial charge in [-0.25, -0.2) is 4.79 Å². The smallest absolute Gasteiger partial charge is 0.343 e. The Morgan fingerprint density at radius 1 is 1.20 bits per heavy atom. The van der Waals surface area contributed by atoms with E-state index in [2.05, 4.69) is 0 Å². The third kappa shape index (κ3) is 4.20. The first-order valence-corrected chi connectivity index (χ1v) is 9.16. The van der Waals surface area contributed by atoms with E-state index >= 15 is 0 Å². The molecule has 2 aromatic heterocycles. The molecule has 0 radical (unpaired) electrons. The number of esters is 1. The molecule has 0 unspecified atom stereocenters. The third-order valence-electron chi connectivity index (χ3n) is 4.57. The Morgan fingerprint density at radius 3 is 2.57 bits per heavy atom. The lowest BCUT2D eigenvalue weighted by Crippen LogP contribution is -2.31. The number of furan rings is 1. The van der Waals surface area contributed by atoms with Gasteiger partial charge in [-0.05, 0) is 25.1 Å². The van der Waals surface area contributed by atoms with Crippen molar-refractivity contribution in [2.24, 2.45) is 0 Å². The lowest BCUT2D eigenvalue weighted by Gasteiger charge is -2.18. The Bertz CT molecular complexity index is 1090. The fourth-order valence-electron chi connectivity index (χ4n) is 3.02. The highest BCUT2D eigenvalue weighted by molar-refractivity contribution is 5.95. The minimum absolute atomic E-state index is 0.0152. The molecule has 8 heteroatoms. The average molecular weight is 407 g/mol. The Hall–Kier alpha value is -3.99. The Labute approximate surface area is 173 Å². The molecule has 0 aliphatic carbocycles. The molecule has 0 aliphatic heterocycles. The number of methoxy groups -OCH3 is 1. The van der Waals surface area contributed by atoms with Crippen molar-refractivity contribution in [3.05, 3.63) is 71.2 Å². The maximum absolute atomic E-state index is 12.6. The number of benzene rings is 1. The minimum Gasteiger partial charge on any atom is -0.496 e. The van der Waals surface area contributed by atoms with E-state index in [1.54, 1.807) is 56.2 Å². The van der Waals surface area contributed by atoms with Crippen molar-refractivity contribution in [2.45, 2.75) is 13.5 Å². The molecule has 0 fully saturated rings. The summed E-state index contributed by atoms with van der Waals surface area (Å²) in [6.45, 7) is 1.41. The number of nitrogens with zero attached hydrogens (tertiary/aromatic N) is 3. The van der Waals surface area contributed by atoms with Gasteiger partial charge in [-0.2, -0.15) is 5.26 Å². The van der Waals surface area contributed by atoms with Gasteiger partial charge in [0.25, 0.3) is 5.91 Å². The van der Waals surface area contributed by atoms with Gasteiger partial charge in [-0.3, -0.25) is 9.36 Å². The van der Waals surface area contributed by atoms with Crippen molar-refractivity contribution >= 4 is 11.9 Å². The van der Waals surface area contributed by atoms with Gasteiger partial charge in [0.15, 0.2) is 6.61 Å². The van der Waals surface area contributed by atoms with E-state index in [1.165, 1.54) is 4.90 Å². The van der Waals surface area contributed by atoms with E-state index < -0.39 is 12.6 Å². The van der Waals surface area contributed by atoms with Crippen molar-refractivity contribution < 1.29 is 23.5 Å². The number of carbonyl (C=O) groups is 2. The van der Waals surface area contributed by atoms with Gasteiger partial charge in [0.05, 0.1) is 7.11 Å². The minimum atomic E-state index is -0.787. The van der Waals surface area contributed by atoms with E-state index in [0.717, 1.165) is 5.56 Å². The molecule has 2 heterocycles. The van der Waals surface area contributed by atoms with Gasteiger partial charge in [-0.1, -0.05) is 18.2 Å². The van der Waals surface area contributed by atoms with E-state index in [0.29, 0.717) is 12.3 Å². The highest BCUT2D eigenvalue weighted by atomic mass is 16.5. The van der Waals surface area contributed by atoms with Crippen LogP contribution in [0, 0.1) is 18.3 Å². The number of ether oxygens (including phenoxy) is 2. The molecular formula is C22H21N3O5. The monoisotopic (exact) mass is 407 g/mol. The highest BCUT2D eigenvalue weighted by Crippen LogP contribution is 2.26. The number of likely N-dealkylation sites (N-methyl/N-ethyl adjacent to an activating group) is 1. The first-order valence-electron chi connectivity index (χ1n) is 9.16. The molecule has 0 saturated carbocycles. The van der Waals surface area contributed by atoms with Gasteiger partial charge >= 0.3 is 5.97 Å². The van der Waals surface area contributed by atoms with Crippen molar-refractivity contribution in [1.29, 1.82) is 5.26 Å². The van der Waals surface area contributed by atoms with Crippen LogP contribution in [-0.4, -0.2) is 42.1 Å². The molecule has 0 N–H and O–H groups in total. The zero-order valence-corrected chi connectivity index (χ0v) is 16.9. The van der Waals surface area contributed by atoms with Gasteiger partial charge in [0.2, 0.25) is 5.88 Å². The van der Waals surface area contributed by atoms with Crippen molar-refractivity contribution in [2.75, 3.05) is 20.8 Å². The number of amides is 1. The van der Waals surface area contributed by atoms with Crippen LogP contribution >= 0.6 is 0 Å². The van der Waals surface area contributed by atoms with Crippen LogP contribution in [0.1, 0.15) is 27.2 Å². The molecule has 0 atom stereocenters. The number of hydrogen-bond acceptors (Lipinski definition) is 6. The van der Waals surface area contributed by atoms with E-state index in [-0.39, 0.29) is 28.7 Å². The van der Waals surface area contributed by atoms with Crippen LogP contribution in [0.15, 0.2) is 53.2 Å². The molecule has 0 saturated heterocycles. The number of carbonyl (C=O) groups excluding carboxylic acids is 2. The summed E-state index contributed by atoms with van der Waals surface area (Å²) in [5.74, 6) is -0.0363. The molecule has 0 aliphatic rings. The quantitative estimate of drug-likeness (QED) is 0.558. The summed E-state index contributed by atoms with van der Waals surface area (Å²) in [6, 6.07) is 12.9. The van der Waals surface area contributed by atoms with Crippen LogP contribution in [0.3, 0.4) is 0 Å². The van der Waals surface area contributed by atoms with Gasteiger partial charge < -0.3 is 18.8 Å². The summed E-state index contributed by atoms with van der Waals surface area (Å²) < 4.78 is 17.6. The Kier molecular flexibility index (Phi) is 6.23. The largest absolute Gasteiger partial charge is 0.496 e. The second-order valence-corrected chi connectivity index (χ2v) is 6.55. The summed E-state index contributed by atoms with van der Waals surface area (Å²) in [7, 11) is 3.17. The average Bonchev–Trinajstić information content (AvgIpc) is 3.39. The van der Waals surface area contributed by atoms with Crippen LogP contribution in [0.2, 0.25) is 0 Å². The molecule has 154 valence electrons. The predicted octanol–water partition coefficient (Wildman–Crippen LogP) is 3.07. The first kappa shape index (κ1) is 20.7. The fourth-order valence-corrected chi connectivity index (χ4v) is 3.02.